The number of benzene rings is 3. The number of rotatable bonds is 7. The fourth-order valence-corrected chi connectivity index (χ4v) is 6.05. The van der Waals surface area contributed by atoms with Gasteiger partial charge in [-0.2, -0.15) is 9.78 Å². The van der Waals surface area contributed by atoms with Gasteiger partial charge in [0, 0.05) is 15.4 Å². The molecule has 0 aliphatic carbocycles. The zero-order valence-electron chi connectivity index (χ0n) is 18.9. The van der Waals surface area contributed by atoms with E-state index >= 15 is 0 Å². The molecule has 180 valence electrons. The molecule has 0 spiro atoms. The van der Waals surface area contributed by atoms with Crippen LogP contribution in [0.4, 0.5) is 0 Å². The van der Waals surface area contributed by atoms with Crippen molar-refractivity contribution in [1.82, 2.24) is 9.66 Å². The van der Waals surface area contributed by atoms with Crippen molar-refractivity contribution >= 4 is 89.8 Å². The zero-order chi connectivity index (χ0) is 25.1. The largest absolute Gasteiger partial charge is 0.487 e. The van der Waals surface area contributed by atoms with Gasteiger partial charge in [0.25, 0.3) is 5.56 Å². The third-order valence-electron chi connectivity index (χ3n) is 5.53. The number of hydrogen-bond donors (Lipinski definition) is 0. The predicted octanol–water partition coefficient (Wildman–Crippen LogP) is 8.00. The smallest absolute Gasteiger partial charge is 0.282 e. The predicted molar refractivity (Wildman–Crippen MR) is 163 cm³/mol. The first kappa shape index (κ1) is 26.6. The number of hydrogen-bond acceptors (Lipinski definition) is 4. The van der Waals surface area contributed by atoms with Crippen LogP contribution in [0.15, 0.2) is 69.0 Å². The van der Waals surface area contributed by atoms with Crippen LogP contribution in [0.3, 0.4) is 0 Å². The van der Waals surface area contributed by atoms with Crippen molar-refractivity contribution in [3.05, 3.63) is 98.5 Å². The van der Waals surface area contributed by atoms with Crippen LogP contribution in [-0.4, -0.2) is 15.9 Å². The van der Waals surface area contributed by atoms with Crippen LogP contribution in [0, 0.1) is 7.14 Å². The van der Waals surface area contributed by atoms with E-state index in [9.17, 15) is 4.79 Å². The van der Waals surface area contributed by atoms with E-state index in [1.807, 2.05) is 48.5 Å². The molecule has 4 rings (SSSR count). The number of aromatic nitrogens is 2. The minimum Gasteiger partial charge on any atom is -0.487 e. The first-order valence-corrected chi connectivity index (χ1v) is 14.2. The SMILES string of the molecule is CC[C@H](C)c1nc2ccc(Br)cc2c(=O)n1N=Cc1cc(I)c(OCc2ccc(Cl)cc2)c(I)c1. The molecule has 3 aromatic carbocycles. The molecule has 0 amide bonds. The Labute approximate surface area is 244 Å². The van der Waals surface area contributed by atoms with E-state index in [0.29, 0.717) is 28.4 Å². The van der Waals surface area contributed by atoms with Gasteiger partial charge in [0.1, 0.15) is 18.2 Å². The van der Waals surface area contributed by atoms with E-state index in [1.54, 1.807) is 12.3 Å². The summed E-state index contributed by atoms with van der Waals surface area (Å²) >= 11 is 13.9. The maximum Gasteiger partial charge on any atom is 0.282 e. The van der Waals surface area contributed by atoms with E-state index in [4.69, 9.17) is 21.3 Å². The van der Waals surface area contributed by atoms with Gasteiger partial charge < -0.3 is 4.74 Å². The maximum absolute atomic E-state index is 13.3. The molecular weight excluding hydrogens is 755 g/mol. The van der Waals surface area contributed by atoms with Crippen molar-refractivity contribution in [2.75, 3.05) is 0 Å². The molecule has 4 aromatic rings. The van der Waals surface area contributed by atoms with E-state index < -0.39 is 0 Å². The van der Waals surface area contributed by atoms with E-state index in [-0.39, 0.29) is 11.5 Å². The highest BCUT2D eigenvalue weighted by molar-refractivity contribution is 14.1. The molecule has 0 aliphatic heterocycles. The second-order valence-electron chi connectivity index (χ2n) is 8.03. The molecular formula is C26H21BrClI2N3O2. The minimum absolute atomic E-state index is 0.0804. The lowest BCUT2D eigenvalue weighted by atomic mass is 10.1. The Bertz CT molecular complexity index is 1450. The highest BCUT2D eigenvalue weighted by atomic mass is 127. The molecule has 0 saturated carbocycles. The Morgan fingerprint density at radius 3 is 2.49 bits per heavy atom. The Hall–Kier alpha value is -1.50. The molecule has 0 N–H and O–H groups in total. The summed E-state index contributed by atoms with van der Waals surface area (Å²) in [7, 11) is 0. The number of nitrogens with zero attached hydrogens (tertiary/aromatic N) is 3. The van der Waals surface area contributed by atoms with Crippen molar-refractivity contribution in [1.29, 1.82) is 0 Å². The van der Waals surface area contributed by atoms with Gasteiger partial charge in [0.15, 0.2) is 0 Å². The number of ether oxygens (including phenoxy) is 1. The Balaban J connectivity index is 1.66. The second kappa shape index (κ2) is 11.7. The molecule has 9 heteroatoms. The molecule has 0 bridgehead atoms. The van der Waals surface area contributed by atoms with Crippen LogP contribution in [0.2, 0.25) is 5.02 Å². The third-order valence-corrected chi connectivity index (χ3v) is 7.87. The molecule has 0 radical (unpaired) electrons. The Morgan fingerprint density at radius 2 is 1.83 bits per heavy atom. The molecule has 0 saturated heterocycles. The number of halogens is 4. The quantitative estimate of drug-likeness (QED) is 0.141. The van der Waals surface area contributed by atoms with Gasteiger partial charge in [-0.3, -0.25) is 4.79 Å². The average Bonchev–Trinajstić information content (AvgIpc) is 2.83. The highest BCUT2D eigenvalue weighted by Crippen LogP contribution is 2.29. The van der Waals surface area contributed by atoms with Crippen molar-refractivity contribution in [3.63, 3.8) is 0 Å². The lowest BCUT2D eigenvalue weighted by molar-refractivity contribution is 0.302. The summed E-state index contributed by atoms with van der Waals surface area (Å²) < 4.78 is 10.3. The van der Waals surface area contributed by atoms with Crippen molar-refractivity contribution in [2.24, 2.45) is 5.10 Å². The Morgan fingerprint density at radius 1 is 1.14 bits per heavy atom. The van der Waals surface area contributed by atoms with Gasteiger partial charge in [-0.1, -0.05) is 53.5 Å². The molecule has 0 fully saturated rings. The summed E-state index contributed by atoms with van der Waals surface area (Å²) in [5.74, 6) is 1.54. The van der Waals surface area contributed by atoms with Gasteiger partial charge in [-0.15, -0.1) is 0 Å². The summed E-state index contributed by atoms with van der Waals surface area (Å²) in [5.41, 5.74) is 2.40. The van der Waals surface area contributed by atoms with Crippen LogP contribution >= 0.6 is 72.7 Å². The van der Waals surface area contributed by atoms with Crippen LogP contribution < -0.4 is 10.3 Å². The van der Waals surface area contributed by atoms with Crippen LogP contribution in [0.25, 0.3) is 10.9 Å². The van der Waals surface area contributed by atoms with E-state index in [1.165, 1.54) is 4.68 Å². The van der Waals surface area contributed by atoms with Gasteiger partial charge in [0.2, 0.25) is 0 Å². The summed E-state index contributed by atoms with van der Waals surface area (Å²) in [6.45, 7) is 4.57. The lowest BCUT2D eigenvalue weighted by Gasteiger charge is -2.14. The second-order valence-corrected chi connectivity index (χ2v) is 11.7. The van der Waals surface area contributed by atoms with Gasteiger partial charge >= 0.3 is 0 Å². The zero-order valence-corrected chi connectivity index (χ0v) is 25.6. The fourth-order valence-electron chi connectivity index (χ4n) is 3.43. The molecule has 35 heavy (non-hydrogen) atoms. The molecule has 1 atom stereocenters. The average molecular weight is 777 g/mol. The Kier molecular flexibility index (Phi) is 8.88. The summed E-state index contributed by atoms with van der Waals surface area (Å²) in [6, 6.07) is 17.1. The summed E-state index contributed by atoms with van der Waals surface area (Å²) in [5, 5.41) is 5.81. The van der Waals surface area contributed by atoms with Crippen molar-refractivity contribution in [3.8, 4) is 5.75 Å². The maximum atomic E-state index is 13.3. The summed E-state index contributed by atoms with van der Waals surface area (Å²) in [4.78, 5) is 18.1. The fraction of sp³-hybridized carbons (Fsp3) is 0.192. The normalized spacial score (nSPS) is 12.4. The molecule has 1 heterocycles. The van der Waals surface area contributed by atoms with E-state index in [0.717, 1.165) is 34.9 Å². The highest BCUT2D eigenvalue weighted by Gasteiger charge is 2.16. The third kappa shape index (κ3) is 6.26. The molecule has 0 unspecified atom stereocenters. The van der Waals surface area contributed by atoms with Gasteiger partial charge in [0.05, 0.1) is 24.3 Å². The van der Waals surface area contributed by atoms with Crippen LogP contribution in [0.1, 0.15) is 43.1 Å². The summed E-state index contributed by atoms with van der Waals surface area (Å²) in [6.07, 6.45) is 2.55. The van der Waals surface area contributed by atoms with Crippen molar-refractivity contribution in [2.45, 2.75) is 32.8 Å². The van der Waals surface area contributed by atoms with E-state index in [2.05, 4.69) is 80.1 Å². The molecule has 0 aliphatic rings. The minimum atomic E-state index is -0.185. The monoisotopic (exact) mass is 775 g/mol. The van der Waals surface area contributed by atoms with Crippen LogP contribution in [0.5, 0.6) is 5.75 Å². The molecule has 1 aromatic heterocycles. The van der Waals surface area contributed by atoms with Crippen molar-refractivity contribution < 1.29 is 4.74 Å². The molecule has 5 nitrogen and oxygen atoms in total. The first-order valence-electron chi connectivity index (χ1n) is 10.9. The standard InChI is InChI=1S/C26H21BrClI2N3O2/c1-3-15(2)25-32-23-9-6-18(27)12-20(23)26(34)33(25)31-13-17-10-21(29)24(22(30)11-17)35-14-16-4-7-19(28)8-5-16/h4-13,15H,3,14H2,1-2H3/t15-/m0/s1. The first-order chi connectivity index (χ1) is 16.8. The van der Waals surface area contributed by atoms with Gasteiger partial charge in [-0.05, 0) is 105 Å². The topological polar surface area (TPSA) is 56.5 Å². The number of fused-ring (bicyclic) bond motifs is 1. The van der Waals surface area contributed by atoms with Gasteiger partial charge in [-0.25, -0.2) is 4.98 Å². The van der Waals surface area contributed by atoms with Crippen LogP contribution in [-0.2, 0) is 6.61 Å². The lowest BCUT2D eigenvalue weighted by Crippen LogP contribution is -2.23.